The zero-order valence-electron chi connectivity index (χ0n) is 10.5. The zero-order chi connectivity index (χ0) is 14.6. The Balaban J connectivity index is 3.29. The third-order valence-electron chi connectivity index (χ3n) is 2.37. The third kappa shape index (κ3) is 3.38. The number of anilines is 2. The van der Waals surface area contributed by atoms with E-state index >= 15 is 0 Å². The van der Waals surface area contributed by atoms with Gasteiger partial charge in [-0.1, -0.05) is 6.58 Å². The molecule has 0 saturated carbocycles. The van der Waals surface area contributed by atoms with Crippen molar-refractivity contribution >= 4 is 28.9 Å². The van der Waals surface area contributed by atoms with Gasteiger partial charge in [0.1, 0.15) is 0 Å². The average Bonchev–Trinajstić information content (AvgIpc) is 2.36. The van der Waals surface area contributed by atoms with Crippen molar-refractivity contribution in [3.05, 3.63) is 41.0 Å². The van der Waals surface area contributed by atoms with E-state index in [0.29, 0.717) is 5.69 Å². The molecule has 0 aliphatic heterocycles. The van der Waals surface area contributed by atoms with Crippen LogP contribution in [0.2, 0.25) is 0 Å². The van der Waals surface area contributed by atoms with Gasteiger partial charge in [-0.25, -0.2) is 0 Å². The summed E-state index contributed by atoms with van der Waals surface area (Å²) in [6, 6.07) is 3.85. The minimum atomic E-state index is -0.579. The van der Waals surface area contributed by atoms with E-state index in [2.05, 4.69) is 11.9 Å². The predicted octanol–water partition coefficient (Wildman–Crippen LogP) is 1.70. The van der Waals surface area contributed by atoms with E-state index in [4.69, 9.17) is 0 Å². The second-order valence-corrected chi connectivity index (χ2v) is 3.74. The van der Waals surface area contributed by atoms with Crippen LogP contribution in [0, 0.1) is 10.1 Å². The molecule has 0 saturated heterocycles. The summed E-state index contributed by atoms with van der Waals surface area (Å²) in [6.45, 7) is 4.63. The number of nitro benzene ring substituents is 1. The maximum atomic E-state index is 11.5. The molecular formula is C12H13N3O4. The van der Waals surface area contributed by atoms with Gasteiger partial charge in [0.05, 0.1) is 16.3 Å². The molecule has 2 amide bonds. The first-order chi connectivity index (χ1) is 8.86. The first kappa shape index (κ1) is 14.4. The molecule has 1 rings (SSSR count). The van der Waals surface area contributed by atoms with Crippen LogP contribution in [-0.4, -0.2) is 23.8 Å². The Bertz CT molecular complexity index is 554. The molecule has 0 heterocycles. The highest BCUT2D eigenvalue weighted by molar-refractivity contribution is 6.04. The molecule has 1 N–H and O–H groups in total. The molecule has 0 atom stereocenters. The van der Waals surface area contributed by atoms with Gasteiger partial charge in [0, 0.05) is 26.1 Å². The number of non-ortho nitro benzene ring substituents is 1. The minimum Gasteiger partial charge on any atom is -0.324 e. The van der Waals surface area contributed by atoms with Crippen LogP contribution in [-0.2, 0) is 9.59 Å². The van der Waals surface area contributed by atoms with Crippen LogP contribution in [0.25, 0.3) is 0 Å². The topological polar surface area (TPSA) is 92.6 Å². The van der Waals surface area contributed by atoms with Crippen molar-refractivity contribution in [3.8, 4) is 0 Å². The molecule has 0 unspecified atom stereocenters. The maximum absolute atomic E-state index is 11.5. The molecular weight excluding hydrogens is 250 g/mol. The quantitative estimate of drug-likeness (QED) is 0.508. The van der Waals surface area contributed by atoms with Crippen LogP contribution in [0.5, 0.6) is 0 Å². The fourth-order valence-corrected chi connectivity index (χ4v) is 1.48. The van der Waals surface area contributed by atoms with Crippen molar-refractivity contribution < 1.29 is 14.5 Å². The lowest BCUT2D eigenvalue weighted by atomic mass is 10.2. The Morgan fingerprint density at radius 2 is 2.11 bits per heavy atom. The number of carbonyl (C=O) groups excluding carboxylic acids is 2. The largest absolute Gasteiger partial charge is 0.324 e. The number of hydrogen-bond acceptors (Lipinski definition) is 4. The van der Waals surface area contributed by atoms with Gasteiger partial charge in [0.2, 0.25) is 11.8 Å². The number of nitrogens with one attached hydrogen (secondary N) is 1. The summed E-state index contributed by atoms with van der Waals surface area (Å²) in [6.07, 6.45) is 1.11. The van der Waals surface area contributed by atoms with Gasteiger partial charge in [0.25, 0.3) is 5.69 Å². The molecule has 0 aliphatic carbocycles. The van der Waals surface area contributed by atoms with Crippen molar-refractivity contribution in [1.29, 1.82) is 0 Å². The van der Waals surface area contributed by atoms with Crippen molar-refractivity contribution in [2.24, 2.45) is 0 Å². The SMILES string of the molecule is C=CC(=O)N(C)c1ccc([N+](=O)[O-])cc1NC(C)=O. The Morgan fingerprint density at radius 1 is 1.47 bits per heavy atom. The zero-order valence-corrected chi connectivity index (χ0v) is 10.5. The Labute approximate surface area is 109 Å². The monoisotopic (exact) mass is 263 g/mol. The standard InChI is InChI=1S/C12H13N3O4/c1-4-12(17)14(3)11-6-5-9(15(18)19)7-10(11)13-8(2)16/h4-7H,1H2,2-3H3,(H,13,16). The summed E-state index contributed by atoms with van der Waals surface area (Å²) in [5, 5.41) is 13.2. The highest BCUT2D eigenvalue weighted by Crippen LogP contribution is 2.29. The van der Waals surface area contributed by atoms with E-state index in [9.17, 15) is 19.7 Å². The van der Waals surface area contributed by atoms with Gasteiger partial charge in [-0.2, -0.15) is 0 Å². The number of carbonyl (C=O) groups is 2. The summed E-state index contributed by atoms with van der Waals surface area (Å²) in [7, 11) is 1.48. The van der Waals surface area contributed by atoms with Gasteiger partial charge in [0.15, 0.2) is 0 Å². The number of hydrogen-bond donors (Lipinski definition) is 1. The van der Waals surface area contributed by atoms with Crippen molar-refractivity contribution in [3.63, 3.8) is 0 Å². The molecule has 0 bridgehead atoms. The van der Waals surface area contributed by atoms with Crippen molar-refractivity contribution in [1.82, 2.24) is 0 Å². The van der Waals surface area contributed by atoms with Crippen molar-refractivity contribution in [2.45, 2.75) is 6.92 Å². The maximum Gasteiger partial charge on any atom is 0.271 e. The van der Waals surface area contributed by atoms with Crippen LogP contribution in [0.1, 0.15) is 6.92 Å². The second kappa shape index (κ2) is 5.76. The number of nitro groups is 1. The highest BCUT2D eigenvalue weighted by atomic mass is 16.6. The van der Waals surface area contributed by atoms with Gasteiger partial charge < -0.3 is 10.2 Å². The number of rotatable bonds is 4. The van der Waals surface area contributed by atoms with E-state index in [1.54, 1.807) is 0 Å². The molecule has 7 nitrogen and oxygen atoms in total. The summed E-state index contributed by atoms with van der Waals surface area (Å²) in [5.41, 5.74) is 0.372. The number of benzene rings is 1. The lowest BCUT2D eigenvalue weighted by Crippen LogP contribution is -2.25. The minimum absolute atomic E-state index is 0.174. The van der Waals surface area contributed by atoms with Crippen LogP contribution in [0.15, 0.2) is 30.9 Å². The molecule has 1 aromatic rings. The van der Waals surface area contributed by atoms with E-state index in [1.807, 2.05) is 0 Å². The van der Waals surface area contributed by atoms with Crippen molar-refractivity contribution in [2.75, 3.05) is 17.3 Å². The van der Waals surface area contributed by atoms with Gasteiger partial charge in [-0.15, -0.1) is 0 Å². The van der Waals surface area contributed by atoms with E-state index < -0.39 is 4.92 Å². The smallest absolute Gasteiger partial charge is 0.271 e. The predicted molar refractivity (Wildman–Crippen MR) is 71.0 cm³/mol. The molecule has 0 radical (unpaired) electrons. The van der Waals surface area contributed by atoms with E-state index in [1.165, 1.54) is 37.1 Å². The summed E-state index contributed by atoms with van der Waals surface area (Å²) >= 11 is 0. The average molecular weight is 263 g/mol. The Hall–Kier alpha value is -2.70. The van der Waals surface area contributed by atoms with Crippen LogP contribution in [0.4, 0.5) is 17.1 Å². The molecule has 0 spiro atoms. The van der Waals surface area contributed by atoms with Crippen LogP contribution >= 0.6 is 0 Å². The Morgan fingerprint density at radius 3 is 2.58 bits per heavy atom. The highest BCUT2D eigenvalue weighted by Gasteiger charge is 2.16. The molecule has 0 aliphatic rings. The molecule has 7 heteroatoms. The number of likely N-dealkylation sites (N-methyl/N-ethyl adjacent to an activating group) is 1. The molecule has 19 heavy (non-hydrogen) atoms. The second-order valence-electron chi connectivity index (χ2n) is 3.74. The fraction of sp³-hybridized carbons (Fsp3) is 0.167. The summed E-state index contributed by atoms with van der Waals surface area (Å²) in [4.78, 5) is 34.0. The van der Waals surface area contributed by atoms with Crippen LogP contribution < -0.4 is 10.2 Å². The van der Waals surface area contributed by atoms with Gasteiger partial charge in [-0.3, -0.25) is 19.7 Å². The number of nitrogens with zero attached hydrogens (tertiary/aromatic N) is 2. The first-order valence-corrected chi connectivity index (χ1v) is 5.33. The lowest BCUT2D eigenvalue weighted by Gasteiger charge is -2.19. The third-order valence-corrected chi connectivity index (χ3v) is 2.37. The van der Waals surface area contributed by atoms with Gasteiger partial charge >= 0.3 is 0 Å². The first-order valence-electron chi connectivity index (χ1n) is 5.33. The Kier molecular flexibility index (Phi) is 4.36. The summed E-state index contributed by atoms with van der Waals surface area (Å²) in [5.74, 6) is -0.776. The molecule has 1 aromatic carbocycles. The van der Waals surface area contributed by atoms with Gasteiger partial charge in [-0.05, 0) is 12.1 Å². The molecule has 100 valence electrons. The molecule has 0 aromatic heterocycles. The van der Waals surface area contributed by atoms with E-state index in [0.717, 1.165) is 6.08 Å². The lowest BCUT2D eigenvalue weighted by molar-refractivity contribution is -0.384. The fourth-order valence-electron chi connectivity index (χ4n) is 1.48. The molecule has 0 fully saturated rings. The summed E-state index contributed by atoms with van der Waals surface area (Å²) < 4.78 is 0. The van der Waals surface area contributed by atoms with Crippen LogP contribution in [0.3, 0.4) is 0 Å². The number of amides is 2. The normalized spacial score (nSPS) is 9.58. The van der Waals surface area contributed by atoms with E-state index in [-0.39, 0.29) is 23.2 Å².